The average Bonchev–Trinajstić information content (AvgIpc) is 2.70. The molecule has 4 nitrogen and oxygen atoms in total. The van der Waals surface area contributed by atoms with Crippen LogP contribution < -0.4 is 0 Å². The van der Waals surface area contributed by atoms with E-state index in [1.165, 1.54) is 6.42 Å². The minimum absolute atomic E-state index is 0.0187. The molecule has 2 fully saturated rings. The van der Waals surface area contributed by atoms with Gasteiger partial charge in [-0.15, -0.1) is 0 Å². The van der Waals surface area contributed by atoms with Crippen molar-refractivity contribution < 1.29 is 9.53 Å². The van der Waals surface area contributed by atoms with Gasteiger partial charge in [-0.1, -0.05) is 0 Å². The van der Waals surface area contributed by atoms with Gasteiger partial charge in [-0.2, -0.15) is 0 Å². The van der Waals surface area contributed by atoms with Crippen LogP contribution in [-0.2, 0) is 4.74 Å². The lowest BCUT2D eigenvalue weighted by Gasteiger charge is -2.47. The number of carbonyl (C=O) groups excluding carboxylic acids is 1. The first kappa shape index (κ1) is 15.6. The van der Waals surface area contributed by atoms with E-state index in [-0.39, 0.29) is 11.6 Å². The average molecular weight is 282 g/mol. The SMILES string of the molecule is CC(C)N1CCCC2(CCCN2C(=O)OC(C)(C)C)C1. The quantitative estimate of drug-likeness (QED) is 0.740. The predicted octanol–water partition coefficient (Wildman–Crippen LogP) is 3.26. The van der Waals surface area contributed by atoms with Gasteiger partial charge in [0.05, 0.1) is 5.54 Å². The maximum absolute atomic E-state index is 12.5. The number of nitrogens with zero attached hydrogens (tertiary/aromatic N) is 2. The fourth-order valence-electron chi connectivity index (χ4n) is 3.55. The molecule has 0 bridgehead atoms. The molecule has 116 valence electrons. The summed E-state index contributed by atoms with van der Waals surface area (Å²) < 4.78 is 5.61. The second-order valence-corrected chi connectivity index (χ2v) is 7.63. The Morgan fingerprint density at radius 3 is 2.30 bits per heavy atom. The Labute approximate surface area is 123 Å². The lowest BCUT2D eigenvalue weighted by molar-refractivity contribution is -0.0145. The second kappa shape index (κ2) is 5.55. The van der Waals surface area contributed by atoms with Gasteiger partial charge >= 0.3 is 6.09 Å². The fraction of sp³-hybridized carbons (Fsp3) is 0.938. The second-order valence-electron chi connectivity index (χ2n) is 7.63. The Bertz CT molecular complexity index is 362. The minimum Gasteiger partial charge on any atom is -0.444 e. The van der Waals surface area contributed by atoms with E-state index in [2.05, 4.69) is 18.7 Å². The highest BCUT2D eigenvalue weighted by atomic mass is 16.6. The standard InChI is InChI=1S/C16H30N2O2/c1-13(2)17-10-6-8-16(12-17)9-7-11-18(16)14(19)20-15(3,4)5/h13H,6-12H2,1-5H3. The molecule has 20 heavy (non-hydrogen) atoms. The normalized spacial score (nSPS) is 28.4. The summed E-state index contributed by atoms with van der Waals surface area (Å²) in [4.78, 5) is 17.0. The summed E-state index contributed by atoms with van der Waals surface area (Å²) in [7, 11) is 0. The van der Waals surface area contributed by atoms with Gasteiger partial charge in [0.1, 0.15) is 5.60 Å². The smallest absolute Gasteiger partial charge is 0.410 e. The van der Waals surface area contributed by atoms with Gasteiger partial charge in [0, 0.05) is 19.1 Å². The third-order valence-corrected chi connectivity index (χ3v) is 4.53. The van der Waals surface area contributed by atoms with E-state index in [1.807, 2.05) is 25.7 Å². The van der Waals surface area contributed by atoms with Crippen molar-refractivity contribution in [1.29, 1.82) is 0 Å². The number of rotatable bonds is 1. The molecule has 0 aromatic heterocycles. The summed E-state index contributed by atoms with van der Waals surface area (Å²) in [5, 5.41) is 0. The number of hydrogen-bond acceptors (Lipinski definition) is 3. The van der Waals surface area contributed by atoms with Crippen LogP contribution in [0.4, 0.5) is 4.79 Å². The first-order valence-electron chi connectivity index (χ1n) is 7.98. The van der Waals surface area contributed by atoms with Gasteiger partial charge in [0.2, 0.25) is 0 Å². The van der Waals surface area contributed by atoms with Crippen LogP contribution in [-0.4, -0.2) is 52.7 Å². The van der Waals surface area contributed by atoms with Crippen LogP contribution in [0.15, 0.2) is 0 Å². The molecule has 2 rings (SSSR count). The zero-order valence-electron chi connectivity index (χ0n) is 13.7. The minimum atomic E-state index is -0.409. The van der Waals surface area contributed by atoms with Crippen molar-refractivity contribution in [1.82, 2.24) is 9.80 Å². The van der Waals surface area contributed by atoms with Crippen LogP contribution in [0.5, 0.6) is 0 Å². The Morgan fingerprint density at radius 1 is 1.15 bits per heavy atom. The third kappa shape index (κ3) is 3.27. The molecule has 2 saturated heterocycles. The number of hydrogen-bond donors (Lipinski definition) is 0. The Hall–Kier alpha value is -0.770. The molecular formula is C16H30N2O2. The Kier molecular flexibility index (Phi) is 4.33. The molecule has 1 amide bonds. The van der Waals surface area contributed by atoms with Crippen molar-refractivity contribution in [3.05, 3.63) is 0 Å². The van der Waals surface area contributed by atoms with Gasteiger partial charge in [-0.05, 0) is 66.8 Å². The van der Waals surface area contributed by atoms with Crippen molar-refractivity contribution >= 4 is 6.09 Å². The first-order chi connectivity index (χ1) is 9.23. The molecule has 1 atom stereocenters. The van der Waals surface area contributed by atoms with Crippen LogP contribution in [0.1, 0.15) is 60.3 Å². The van der Waals surface area contributed by atoms with Gasteiger partial charge in [0.15, 0.2) is 0 Å². The van der Waals surface area contributed by atoms with E-state index in [9.17, 15) is 4.79 Å². The van der Waals surface area contributed by atoms with Gasteiger partial charge < -0.3 is 9.64 Å². The van der Waals surface area contributed by atoms with Crippen molar-refractivity contribution in [2.75, 3.05) is 19.6 Å². The van der Waals surface area contributed by atoms with Crippen LogP contribution in [0.2, 0.25) is 0 Å². The van der Waals surface area contributed by atoms with Gasteiger partial charge in [0.25, 0.3) is 0 Å². The molecule has 0 radical (unpaired) electrons. The molecular weight excluding hydrogens is 252 g/mol. The van der Waals surface area contributed by atoms with Crippen molar-refractivity contribution in [3.63, 3.8) is 0 Å². The zero-order chi connectivity index (χ0) is 15.0. The molecule has 2 aliphatic rings. The summed E-state index contributed by atoms with van der Waals surface area (Å²) in [5.74, 6) is 0. The van der Waals surface area contributed by atoms with E-state index in [0.29, 0.717) is 6.04 Å². The molecule has 0 aromatic rings. The number of likely N-dealkylation sites (tertiary alicyclic amines) is 2. The molecule has 1 spiro atoms. The van der Waals surface area contributed by atoms with E-state index in [1.54, 1.807) is 0 Å². The van der Waals surface area contributed by atoms with E-state index >= 15 is 0 Å². The molecule has 1 unspecified atom stereocenters. The van der Waals surface area contributed by atoms with Crippen molar-refractivity contribution in [2.45, 2.75) is 77.5 Å². The molecule has 0 N–H and O–H groups in total. The number of amides is 1. The molecule has 0 aliphatic carbocycles. The summed E-state index contributed by atoms with van der Waals surface area (Å²) in [6.07, 6.45) is 4.40. The monoisotopic (exact) mass is 282 g/mol. The number of ether oxygens (including phenoxy) is 1. The number of piperidine rings is 1. The zero-order valence-corrected chi connectivity index (χ0v) is 13.7. The summed E-state index contributed by atoms with van der Waals surface area (Å²) in [5.41, 5.74) is -0.391. The van der Waals surface area contributed by atoms with Gasteiger partial charge in [-0.25, -0.2) is 4.79 Å². The summed E-state index contributed by atoms with van der Waals surface area (Å²) >= 11 is 0. The topological polar surface area (TPSA) is 32.8 Å². The maximum atomic E-state index is 12.5. The highest BCUT2D eigenvalue weighted by molar-refractivity contribution is 5.69. The Balaban J connectivity index is 2.11. The van der Waals surface area contributed by atoms with Crippen LogP contribution >= 0.6 is 0 Å². The summed E-state index contributed by atoms with van der Waals surface area (Å²) in [6, 6.07) is 0.549. The lowest BCUT2D eigenvalue weighted by atomic mass is 9.86. The Morgan fingerprint density at radius 2 is 1.75 bits per heavy atom. The van der Waals surface area contributed by atoms with Crippen molar-refractivity contribution in [3.8, 4) is 0 Å². The highest BCUT2D eigenvalue weighted by Crippen LogP contribution is 2.38. The molecule has 0 saturated carbocycles. The largest absolute Gasteiger partial charge is 0.444 e. The van der Waals surface area contributed by atoms with E-state index in [4.69, 9.17) is 4.74 Å². The summed E-state index contributed by atoms with van der Waals surface area (Å²) in [6.45, 7) is 13.3. The fourth-order valence-corrected chi connectivity index (χ4v) is 3.55. The van der Waals surface area contributed by atoms with Gasteiger partial charge in [-0.3, -0.25) is 4.90 Å². The van der Waals surface area contributed by atoms with E-state index in [0.717, 1.165) is 38.9 Å². The molecule has 4 heteroatoms. The molecule has 2 aliphatic heterocycles. The van der Waals surface area contributed by atoms with Crippen LogP contribution in [0, 0.1) is 0 Å². The molecule has 0 aromatic carbocycles. The third-order valence-electron chi connectivity index (χ3n) is 4.53. The maximum Gasteiger partial charge on any atom is 0.410 e. The van der Waals surface area contributed by atoms with E-state index < -0.39 is 5.60 Å². The van der Waals surface area contributed by atoms with Crippen molar-refractivity contribution in [2.24, 2.45) is 0 Å². The van der Waals surface area contributed by atoms with Crippen LogP contribution in [0.25, 0.3) is 0 Å². The number of carbonyl (C=O) groups is 1. The first-order valence-corrected chi connectivity index (χ1v) is 7.98. The van der Waals surface area contributed by atoms with Crippen LogP contribution in [0.3, 0.4) is 0 Å². The lowest BCUT2D eigenvalue weighted by Crippen LogP contribution is -2.59. The molecule has 2 heterocycles. The predicted molar refractivity (Wildman–Crippen MR) is 80.8 cm³/mol. The highest BCUT2D eigenvalue weighted by Gasteiger charge is 2.47.